The van der Waals surface area contributed by atoms with Crippen LogP contribution in [0.4, 0.5) is 5.69 Å². The van der Waals surface area contributed by atoms with E-state index in [2.05, 4.69) is 4.90 Å². The van der Waals surface area contributed by atoms with E-state index in [1.165, 1.54) is 26.4 Å². The molecule has 1 aliphatic heterocycles. The molecular formula is C19H26N2O3. The SMILES string of the molecule is COC(=O)c1ccccc1N1CCN(C(=O)C2CCCCC2)CC1. The molecule has 130 valence electrons. The van der Waals surface area contributed by atoms with E-state index < -0.39 is 0 Å². The number of piperazine rings is 1. The highest BCUT2D eigenvalue weighted by molar-refractivity contribution is 5.95. The second-order valence-electron chi connectivity index (χ2n) is 6.66. The molecule has 0 bridgehead atoms. The fourth-order valence-corrected chi connectivity index (χ4v) is 3.81. The molecule has 2 aliphatic rings. The van der Waals surface area contributed by atoms with Crippen LogP contribution in [0.1, 0.15) is 42.5 Å². The molecule has 1 aliphatic carbocycles. The summed E-state index contributed by atoms with van der Waals surface area (Å²) in [5.74, 6) is 0.245. The lowest BCUT2D eigenvalue weighted by atomic mass is 9.88. The topological polar surface area (TPSA) is 49.9 Å². The van der Waals surface area contributed by atoms with Crippen LogP contribution in [-0.4, -0.2) is 50.1 Å². The number of amides is 1. The third-order valence-electron chi connectivity index (χ3n) is 5.20. The van der Waals surface area contributed by atoms with Gasteiger partial charge in [-0.2, -0.15) is 0 Å². The Balaban J connectivity index is 1.63. The van der Waals surface area contributed by atoms with Gasteiger partial charge in [0, 0.05) is 32.1 Å². The van der Waals surface area contributed by atoms with E-state index in [1.807, 2.05) is 23.1 Å². The first-order chi connectivity index (χ1) is 11.7. The van der Waals surface area contributed by atoms with Crippen LogP contribution in [0.5, 0.6) is 0 Å². The maximum absolute atomic E-state index is 12.7. The number of esters is 1. The second-order valence-corrected chi connectivity index (χ2v) is 6.66. The van der Waals surface area contributed by atoms with Gasteiger partial charge in [-0.3, -0.25) is 4.79 Å². The molecule has 0 unspecified atom stereocenters. The van der Waals surface area contributed by atoms with Crippen LogP contribution >= 0.6 is 0 Å². The molecule has 1 saturated carbocycles. The van der Waals surface area contributed by atoms with Crippen molar-refractivity contribution in [2.24, 2.45) is 5.92 Å². The van der Waals surface area contributed by atoms with Crippen molar-refractivity contribution in [3.63, 3.8) is 0 Å². The maximum atomic E-state index is 12.7. The summed E-state index contributed by atoms with van der Waals surface area (Å²) in [4.78, 5) is 28.8. The van der Waals surface area contributed by atoms with Crippen LogP contribution in [-0.2, 0) is 9.53 Å². The summed E-state index contributed by atoms with van der Waals surface area (Å²) < 4.78 is 4.88. The molecular weight excluding hydrogens is 304 g/mol. The maximum Gasteiger partial charge on any atom is 0.339 e. The minimum absolute atomic E-state index is 0.229. The van der Waals surface area contributed by atoms with E-state index in [4.69, 9.17) is 4.74 Å². The van der Waals surface area contributed by atoms with Crippen LogP contribution in [0.2, 0.25) is 0 Å². The fraction of sp³-hybridized carbons (Fsp3) is 0.579. The Labute approximate surface area is 143 Å². The quantitative estimate of drug-likeness (QED) is 0.800. The van der Waals surface area contributed by atoms with E-state index in [1.54, 1.807) is 6.07 Å². The molecule has 24 heavy (non-hydrogen) atoms. The molecule has 0 spiro atoms. The Hall–Kier alpha value is -2.04. The normalized spacial score (nSPS) is 19.2. The molecule has 1 aromatic carbocycles. The highest BCUT2D eigenvalue weighted by Crippen LogP contribution is 2.27. The van der Waals surface area contributed by atoms with E-state index in [-0.39, 0.29) is 11.9 Å². The zero-order valence-electron chi connectivity index (χ0n) is 14.4. The lowest BCUT2D eigenvalue weighted by molar-refractivity contribution is -0.136. The number of para-hydroxylation sites is 1. The van der Waals surface area contributed by atoms with Crippen molar-refractivity contribution in [2.75, 3.05) is 38.2 Å². The summed E-state index contributed by atoms with van der Waals surface area (Å²) in [7, 11) is 1.40. The second kappa shape index (κ2) is 7.69. The van der Waals surface area contributed by atoms with E-state index in [0.29, 0.717) is 11.5 Å². The molecule has 1 aromatic rings. The summed E-state index contributed by atoms with van der Waals surface area (Å²) in [5.41, 5.74) is 1.49. The summed E-state index contributed by atoms with van der Waals surface area (Å²) in [6.45, 7) is 2.97. The van der Waals surface area contributed by atoms with Crippen LogP contribution < -0.4 is 4.90 Å². The Morgan fingerprint density at radius 2 is 1.67 bits per heavy atom. The molecule has 0 radical (unpaired) electrons. The Kier molecular flexibility index (Phi) is 5.38. The van der Waals surface area contributed by atoms with Crippen molar-refractivity contribution < 1.29 is 14.3 Å². The average Bonchev–Trinajstić information content (AvgIpc) is 2.67. The smallest absolute Gasteiger partial charge is 0.339 e. The van der Waals surface area contributed by atoms with Gasteiger partial charge in [0.2, 0.25) is 5.91 Å². The van der Waals surface area contributed by atoms with Crippen molar-refractivity contribution in [3.05, 3.63) is 29.8 Å². The summed E-state index contributed by atoms with van der Waals surface area (Å²) in [6, 6.07) is 7.52. The molecule has 0 aromatic heterocycles. The van der Waals surface area contributed by atoms with Crippen molar-refractivity contribution in [1.82, 2.24) is 4.90 Å². The molecule has 2 fully saturated rings. The van der Waals surface area contributed by atoms with Crippen LogP contribution in [0, 0.1) is 5.92 Å². The standard InChI is InChI=1S/C19H26N2O3/c1-24-19(23)16-9-5-6-10-17(16)20-11-13-21(14-12-20)18(22)15-7-3-2-4-8-15/h5-6,9-10,15H,2-4,7-8,11-14H2,1H3. The lowest BCUT2D eigenvalue weighted by Crippen LogP contribution is -2.50. The third kappa shape index (κ3) is 3.55. The van der Waals surface area contributed by atoms with Gasteiger partial charge >= 0.3 is 5.97 Å². The average molecular weight is 330 g/mol. The first-order valence-corrected chi connectivity index (χ1v) is 8.92. The number of methoxy groups -OCH3 is 1. The highest BCUT2D eigenvalue weighted by atomic mass is 16.5. The Bertz CT molecular complexity index is 588. The third-order valence-corrected chi connectivity index (χ3v) is 5.20. The van der Waals surface area contributed by atoms with Gasteiger partial charge in [-0.25, -0.2) is 4.79 Å². The number of rotatable bonds is 3. The van der Waals surface area contributed by atoms with Crippen molar-refractivity contribution >= 4 is 17.6 Å². The number of hydrogen-bond acceptors (Lipinski definition) is 4. The lowest BCUT2D eigenvalue weighted by Gasteiger charge is -2.38. The molecule has 1 heterocycles. The van der Waals surface area contributed by atoms with Crippen LogP contribution in [0.15, 0.2) is 24.3 Å². The Morgan fingerprint density at radius 1 is 1.00 bits per heavy atom. The Morgan fingerprint density at radius 3 is 2.33 bits per heavy atom. The number of carbonyl (C=O) groups excluding carboxylic acids is 2. The van der Waals surface area contributed by atoms with Gasteiger partial charge in [-0.15, -0.1) is 0 Å². The van der Waals surface area contributed by atoms with Crippen molar-refractivity contribution in [1.29, 1.82) is 0 Å². The monoisotopic (exact) mass is 330 g/mol. The number of hydrogen-bond donors (Lipinski definition) is 0. The summed E-state index contributed by atoms with van der Waals surface area (Å²) >= 11 is 0. The van der Waals surface area contributed by atoms with Crippen molar-refractivity contribution in [3.8, 4) is 0 Å². The van der Waals surface area contributed by atoms with Gasteiger partial charge in [-0.1, -0.05) is 31.4 Å². The number of carbonyl (C=O) groups is 2. The summed E-state index contributed by atoms with van der Waals surface area (Å²) in [5, 5.41) is 0. The van der Waals surface area contributed by atoms with E-state index in [9.17, 15) is 9.59 Å². The van der Waals surface area contributed by atoms with Gasteiger partial charge in [0.1, 0.15) is 0 Å². The van der Waals surface area contributed by atoms with E-state index >= 15 is 0 Å². The number of ether oxygens (including phenoxy) is 1. The van der Waals surface area contributed by atoms with Gasteiger partial charge in [0.25, 0.3) is 0 Å². The highest BCUT2D eigenvalue weighted by Gasteiger charge is 2.29. The first-order valence-electron chi connectivity index (χ1n) is 8.92. The number of nitrogens with zero attached hydrogens (tertiary/aromatic N) is 2. The minimum Gasteiger partial charge on any atom is -0.465 e. The predicted molar refractivity (Wildman–Crippen MR) is 93.1 cm³/mol. The first kappa shape index (κ1) is 16.8. The van der Waals surface area contributed by atoms with Crippen molar-refractivity contribution in [2.45, 2.75) is 32.1 Å². The van der Waals surface area contributed by atoms with Crippen LogP contribution in [0.25, 0.3) is 0 Å². The minimum atomic E-state index is -0.314. The fourth-order valence-electron chi connectivity index (χ4n) is 3.81. The van der Waals surface area contributed by atoms with Gasteiger partial charge in [-0.05, 0) is 25.0 Å². The molecule has 1 amide bonds. The van der Waals surface area contributed by atoms with Gasteiger partial charge in [0.05, 0.1) is 18.4 Å². The molecule has 0 N–H and O–H groups in total. The largest absolute Gasteiger partial charge is 0.465 e. The number of anilines is 1. The molecule has 5 nitrogen and oxygen atoms in total. The zero-order valence-corrected chi connectivity index (χ0v) is 14.4. The zero-order chi connectivity index (χ0) is 16.9. The molecule has 1 saturated heterocycles. The molecule has 3 rings (SSSR count). The van der Waals surface area contributed by atoms with Gasteiger partial charge < -0.3 is 14.5 Å². The number of benzene rings is 1. The van der Waals surface area contributed by atoms with Crippen LogP contribution in [0.3, 0.4) is 0 Å². The van der Waals surface area contributed by atoms with E-state index in [0.717, 1.165) is 44.7 Å². The molecule has 0 atom stereocenters. The summed E-state index contributed by atoms with van der Waals surface area (Å²) in [6.07, 6.45) is 5.72. The molecule has 5 heteroatoms. The predicted octanol–water partition coefficient (Wildman–Crippen LogP) is 2.70. The van der Waals surface area contributed by atoms with Gasteiger partial charge in [0.15, 0.2) is 0 Å².